The lowest BCUT2D eigenvalue weighted by atomic mass is 9.79. The van der Waals surface area contributed by atoms with Gasteiger partial charge in [-0.2, -0.15) is 5.26 Å². The van der Waals surface area contributed by atoms with Crippen molar-refractivity contribution in [3.05, 3.63) is 65.0 Å². The fourth-order valence-electron chi connectivity index (χ4n) is 4.24. The van der Waals surface area contributed by atoms with Crippen molar-refractivity contribution in [2.45, 2.75) is 45.6 Å². The summed E-state index contributed by atoms with van der Waals surface area (Å²) >= 11 is 0. The topological polar surface area (TPSA) is 56.1 Å². The van der Waals surface area contributed by atoms with Crippen LogP contribution in [0.15, 0.2) is 48.0 Å². The van der Waals surface area contributed by atoms with Crippen LogP contribution in [0.3, 0.4) is 0 Å². The van der Waals surface area contributed by atoms with E-state index in [2.05, 4.69) is 50.0 Å². The van der Waals surface area contributed by atoms with Gasteiger partial charge in [-0.25, -0.2) is 4.39 Å². The number of rotatable bonds is 4. The molecule has 0 fully saturated rings. The number of anilines is 2. The Morgan fingerprint density at radius 3 is 2.62 bits per heavy atom. The number of hydrogen-bond acceptors (Lipinski definition) is 3. The molecule has 0 radical (unpaired) electrons. The number of carbonyl (C=O) groups excluding carboxylic acids is 1. The Hall–Kier alpha value is -3.13. The highest BCUT2D eigenvalue weighted by Gasteiger charge is 2.35. The number of hydrogen-bond donors (Lipinski definition) is 1. The lowest BCUT2D eigenvalue weighted by molar-refractivity contribution is -0.112. The maximum atomic E-state index is 13.0. The molecule has 1 aliphatic heterocycles. The smallest absolute Gasteiger partial charge is 0.266 e. The highest BCUT2D eigenvalue weighted by atomic mass is 19.1. The Bertz CT molecular complexity index is 986. The first-order valence-electron chi connectivity index (χ1n) is 9.85. The number of carbonyl (C=O) groups is 1. The Kier molecular flexibility index (Phi) is 5.74. The van der Waals surface area contributed by atoms with E-state index in [1.165, 1.54) is 35.5 Å². The quantitative estimate of drug-likeness (QED) is 0.554. The number of nitrogens with zero attached hydrogens (tertiary/aromatic N) is 2. The molecule has 3 rings (SSSR count). The third-order valence-corrected chi connectivity index (χ3v) is 5.50. The van der Waals surface area contributed by atoms with Gasteiger partial charge in [-0.15, -0.1) is 0 Å². The van der Waals surface area contributed by atoms with Crippen LogP contribution in [-0.4, -0.2) is 18.0 Å². The predicted molar refractivity (Wildman–Crippen MR) is 115 cm³/mol. The molecule has 2 aromatic rings. The maximum Gasteiger partial charge on any atom is 0.266 e. The summed E-state index contributed by atoms with van der Waals surface area (Å²) in [6.45, 7) is 9.82. The molecule has 1 N–H and O–H groups in total. The van der Waals surface area contributed by atoms with Crippen LogP contribution >= 0.6 is 0 Å². The second kappa shape index (κ2) is 8.08. The van der Waals surface area contributed by atoms with Crippen molar-refractivity contribution in [3.63, 3.8) is 0 Å². The summed E-state index contributed by atoms with van der Waals surface area (Å²) in [7, 11) is 0. The average Bonchev–Trinajstić information content (AvgIpc) is 2.67. The number of nitrogens with one attached hydrogen (secondary N) is 1. The second-order valence-electron chi connectivity index (χ2n) is 8.11. The minimum Gasteiger partial charge on any atom is -0.366 e. The molecule has 0 bridgehead atoms. The number of benzene rings is 2. The van der Waals surface area contributed by atoms with Crippen LogP contribution in [0.2, 0.25) is 0 Å². The summed E-state index contributed by atoms with van der Waals surface area (Å²) in [5.41, 5.74) is 3.80. The van der Waals surface area contributed by atoms with Crippen molar-refractivity contribution in [3.8, 4) is 6.07 Å². The van der Waals surface area contributed by atoms with E-state index in [1.54, 1.807) is 6.08 Å². The summed E-state index contributed by atoms with van der Waals surface area (Å²) in [5.74, 6) is -0.512. The van der Waals surface area contributed by atoms with Crippen LogP contribution in [0.1, 0.15) is 51.2 Å². The summed E-state index contributed by atoms with van der Waals surface area (Å²) in [4.78, 5) is 14.9. The monoisotopic (exact) mass is 391 g/mol. The number of halogens is 1. The van der Waals surface area contributed by atoms with Crippen molar-refractivity contribution in [2.75, 3.05) is 16.8 Å². The lowest BCUT2D eigenvalue weighted by Crippen LogP contribution is -2.48. The van der Waals surface area contributed by atoms with E-state index in [-0.39, 0.29) is 16.9 Å². The van der Waals surface area contributed by atoms with Gasteiger partial charge in [0, 0.05) is 23.5 Å². The zero-order chi connectivity index (χ0) is 21.2. The Labute approximate surface area is 171 Å². The second-order valence-corrected chi connectivity index (χ2v) is 8.11. The van der Waals surface area contributed by atoms with Gasteiger partial charge in [-0.1, -0.05) is 13.0 Å². The van der Waals surface area contributed by atoms with Crippen LogP contribution in [0, 0.1) is 17.1 Å². The Balaban J connectivity index is 1.89. The van der Waals surface area contributed by atoms with Gasteiger partial charge in [0.25, 0.3) is 5.91 Å². The Morgan fingerprint density at radius 2 is 2.00 bits per heavy atom. The van der Waals surface area contributed by atoms with Crippen LogP contribution in [0.5, 0.6) is 0 Å². The highest BCUT2D eigenvalue weighted by molar-refractivity contribution is 6.09. The van der Waals surface area contributed by atoms with Crippen molar-refractivity contribution >= 4 is 23.4 Å². The third kappa shape index (κ3) is 4.32. The third-order valence-electron chi connectivity index (χ3n) is 5.50. The molecule has 0 spiro atoms. The van der Waals surface area contributed by atoms with E-state index < -0.39 is 5.91 Å². The van der Waals surface area contributed by atoms with E-state index in [0.29, 0.717) is 11.6 Å². The van der Waals surface area contributed by atoms with Crippen molar-refractivity contribution in [1.82, 2.24) is 0 Å². The van der Waals surface area contributed by atoms with Gasteiger partial charge < -0.3 is 10.2 Å². The van der Waals surface area contributed by atoms with Crippen LogP contribution in [0.25, 0.3) is 6.08 Å². The summed E-state index contributed by atoms with van der Waals surface area (Å²) in [6, 6.07) is 13.5. The molecule has 1 amide bonds. The zero-order valence-electron chi connectivity index (χ0n) is 17.3. The molecule has 0 aromatic heterocycles. The fraction of sp³-hybridized carbons (Fsp3) is 0.333. The summed E-state index contributed by atoms with van der Waals surface area (Å²) in [5, 5.41) is 12.1. The number of amides is 1. The minimum absolute atomic E-state index is 0.00501. The predicted octanol–water partition coefficient (Wildman–Crippen LogP) is 5.48. The summed E-state index contributed by atoms with van der Waals surface area (Å²) < 4.78 is 13.0. The lowest BCUT2D eigenvalue weighted by Gasteiger charge is -2.47. The van der Waals surface area contributed by atoms with Gasteiger partial charge in [0.2, 0.25) is 0 Å². The van der Waals surface area contributed by atoms with Gasteiger partial charge >= 0.3 is 0 Å². The molecule has 0 saturated heterocycles. The maximum absolute atomic E-state index is 13.0. The molecule has 1 aliphatic rings. The summed E-state index contributed by atoms with van der Waals surface area (Å²) in [6.07, 6.45) is 2.64. The van der Waals surface area contributed by atoms with Crippen LogP contribution in [0.4, 0.5) is 15.8 Å². The molecule has 5 heteroatoms. The first kappa shape index (κ1) is 20.6. The number of nitriles is 1. The molecule has 1 heterocycles. The molecular weight excluding hydrogens is 365 g/mol. The molecule has 1 unspecified atom stereocenters. The van der Waals surface area contributed by atoms with Crippen molar-refractivity contribution < 1.29 is 9.18 Å². The highest BCUT2D eigenvalue weighted by Crippen LogP contribution is 2.43. The molecule has 150 valence electrons. The van der Waals surface area contributed by atoms with E-state index >= 15 is 0 Å². The van der Waals surface area contributed by atoms with E-state index in [9.17, 15) is 14.4 Å². The average molecular weight is 391 g/mol. The first-order chi connectivity index (χ1) is 13.7. The molecule has 29 heavy (non-hydrogen) atoms. The zero-order valence-corrected chi connectivity index (χ0v) is 17.3. The molecule has 0 saturated carbocycles. The van der Waals surface area contributed by atoms with Gasteiger partial charge in [-0.3, -0.25) is 4.79 Å². The number of fused-ring (bicyclic) bond motifs is 1. The SMILES string of the molecule is CCN1c2ccc(/C=C(/C#N)C(=O)Nc3ccc(F)cc3)cc2C(C)CC1(C)C. The molecule has 2 aromatic carbocycles. The minimum atomic E-state index is -0.513. The van der Waals surface area contributed by atoms with Crippen LogP contribution < -0.4 is 10.2 Å². The van der Waals surface area contributed by atoms with Gasteiger partial charge in [0.05, 0.1) is 0 Å². The molecule has 0 aliphatic carbocycles. The van der Waals surface area contributed by atoms with E-state index in [4.69, 9.17) is 0 Å². The normalized spacial score (nSPS) is 18.0. The first-order valence-corrected chi connectivity index (χ1v) is 9.85. The Morgan fingerprint density at radius 1 is 1.31 bits per heavy atom. The molecular formula is C24H26FN3O. The van der Waals surface area contributed by atoms with E-state index in [1.807, 2.05) is 12.1 Å². The van der Waals surface area contributed by atoms with Gasteiger partial charge in [-0.05, 0) is 86.7 Å². The van der Waals surface area contributed by atoms with Crippen molar-refractivity contribution in [1.29, 1.82) is 5.26 Å². The van der Waals surface area contributed by atoms with Gasteiger partial charge in [0.1, 0.15) is 17.5 Å². The molecule has 1 atom stereocenters. The van der Waals surface area contributed by atoms with Gasteiger partial charge in [0.15, 0.2) is 0 Å². The standard InChI is InChI=1S/C24H26FN3O/c1-5-28-22-11-6-17(13-21(22)16(2)14-24(28,3)4)12-18(15-26)23(29)27-20-9-7-19(25)8-10-20/h6-13,16H,5,14H2,1-4H3,(H,27,29)/b18-12-. The fourth-order valence-corrected chi connectivity index (χ4v) is 4.24. The molecule has 4 nitrogen and oxygen atoms in total. The van der Waals surface area contributed by atoms with Crippen molar-refractivity contribution in [2.24, 2.45) is 0 Å². The van der Waals surface area contributed by atoms with E-state index in [0.717, 1.165) is 18.5 Å². The van der Waals surface area contributed by atoms with Crippen LogP contribution in [-0.2, 0) is 4.79 Å². The largest absolute Gasteiger partial charge is 0.366 e.